The van der Waals surface area contributed by atoms with Crippen LogP contribution >= 0.6 is 0 Å². The number of anilines is 1. The molecule has 0 unspecified atom stereocenters. The highest BCUT2D eigenvalue weighted by atomic mass is 16.3. The van der Waals surface area contributed by atoms with Gasteiger partial charge in [0.2, 0.25) is 0 Å². The molecule has 0 saturated heterocycles. The monoisotopic (exact) mass is 205 g/mol. The van der Waals surface area contributed by atoms with Crippen molar-refractivity contribution in [1.82, 2.24) is 0 Å². The third-order valence-electron chi connectivity index (χ3n) is 3.35. The van der Waals surface area contributed by atoms with Crippen molar-refractivity contribution in [2.75, 3.05) is 11.9 Å². The minimum absolute atomic E-state index is 0.157. The Balaban J connectivity index is 2.16. The summed E-state index contributed by atoms with van der Waals surface area (Å²) < 4.78 is 0. The van der Waals surface area contributed by atoms with E-state index in [9.17, 15) is 5.11 Å². The second kappa shape index (κ2) is 4.23. The van der Waals surface area contributed by atoms with Crippen molar-refractivity contribution in [2.24, 2.45) is 0 Å². The topological polar surface area (TPSA) is 23.5 Å². The second-order valence-corrected chi connectivity index (χ2v) is 4.52. The average molecular weight is 205 g/mol. The third kappa shape index (κ3) is 2.15. The highest BCUT2D eigenvalue weighted by Crippen LogP contribution is 2.27. The van der Waals surface area contributed by atoms with Gasteiger partial charge in [0.15, 0.2) is 0 Å². The highest BCUT2D eigenvalue weighted by molar-refractivity contribution is 5.49. The number of hydrogen-bond donors (Lipinski definition) is 1. The van der Waals surface area contributed by atoms with E-state index in [1.165, 1.54) is 11.3 Å². The molecular weight excluding hydrogens is 186 g/mol. The molecule has 2 nitrogen and oxygen atoms in total. The molecule has 1 N–H and O–H groups in total. The fourth-order valence-electron chi connectivity index (χ4n) is 2.41. The Morgan fingerprint density at radius 2 is 2.13 bits per heavy atom. The van der Waals surface area contributed by atoms with E-state index in [1.807, 2.05) is 0 Å². The molecule has 0 amide bonds. The fraction of sp³-hybridized carbons (Fsp3) is 0.538. The van der Waals surface area contributed by atoms with E-state index in [0.29, 0.717) is 6.04 Å². The van der Waals surface area contributed by atoms with E-state index in [4.69, 9.17) is 0 Å². The summed E-state index contributed by atoms with van der Waals surface area (Å²) in [6, 6.07) is 8.75. The lowest BCUT2D eigenvalue weighted by molar-refractivity contribution is 0.163. The van der Waals surface area contributed by atoms with Gasteiger partial charge in [-0.25, -0.2) is 0 Å². The number of aryl methyl sites for hydroxylation is 1. The van der Waals surface area contributed by atoms with Crippen LogP contribution < -0.4 is 4.90 Å². The molecule has 1 fully saturated rings. The number of benzene rings is 1. The highest BCUT2D eigenvalue weighted by Gasteiger charge is 2.28. The van der Waals surface area contributed by atoms with Crippen molar-refractivity contribution in [3.05, 3.63) is 29.8 Å². The summed E-state index contributed by atoms with van der Waals surface area (Å²) in [5.74, 6) is 0. The van der Waals surface area contributed by atoms with Gasteiger partial charge in [0.25, 0.3) is 0 Å². The predicted molar refractivity (Wildman–Crippen MR) is 63.2 cm³/mol. The molecule has 1 aliphatic rings. The summed E-state index contributed by atoms with van der Waals surface area (Å²) in [4.78, 5) is 2.21. The van der Waals surface area contributed by atoms with E-state index < -0.39 is 0 Å². The van der Waals surface area contributed by atoms with Crippen LogP contribution in [0.3, 0.4) is 0 Å². The number of nitrogens with zero attached hydrogens (tertiary/aromatic N) is 1. The maximum Gasteiger partial charge on any atom is 0.0743 e. The van der Waals surface area contributed by atoms with E-state index in [-0.39, 0.29) is 6.10 Å². The maximum atomic E-state index is 9.85. The van der Waals surface area contributed by atoms with Crippen LogP contribution in [-0.4, -0.2) is 24.3 Å². The van der Waals surface area contributed by atoms with Crippen LogP contribution in [0.5, 0.6) is 0 Å². The molecular formula is C13H19NO. The van der Waals surface area contributed by atoms with Crippen molar-refractivity contribution in [3.8, 4) is 0 Å². The Bertz CT molecular complexity index is 337. The van der Waals surface area contributed by atoms with Crippen LogP contribution in [0.25, 0.3) is 0 Å². The number of likely N-dealkylation sites (N-methyl/N-ethyl adjacent to an activating group) is 1. The molecule has 82 valence electrons. The zero-order valence-electron chi connectivity index (χ0n) is 9.48. The SMILES string of the molecule is Cc1cccc(N(C)[C@H]2CCC[C@@H]2O)c1. The van der Waals surface area contributed by atoms with E-state index in [1.54, 1.807) is 0 Å². The molecule has 1 saturated carbocycles. The van der Waals surface area contributed by atoms with E-state index >= 15 is 0 Å². The summed E-state index contributed by atoms with van der Waals surface area (Å²) in [7, 11) is 2.08. The molecule has 0 bridgehead atoms. The van der Waals surface area contributed by atoms with Gasteiger partial charge in [-0.2, -0.15) is 0 Å². The van der Waals surface area contributed by atoms with Gasteiger partial charge < -0.3 is 10.0 Å². The van der Waals surface area contributed by atoms with Gasteiger partial charge in [0, 0.05) is 12.7 Å². The summed E-state index contributed by atoms with van der Waals surface area (Å²) in [6.45, 7) is 2.10. The zero-order chi connectivity index (χ0) is 10.8. The molecule has 1 aromatic carbocycles. The molecule has 2 heteroatoms. The van der Waals surface area contributed by atoms with Gasteiger partial charge >= 0.3 is 0 Å². The van der Waals surface area contributed by atoms with Crippen molar-refractivity contribution in [2.45, 2.75) is 38.3 Å². The predicted octanol–water partition coefficient (Wildman–Crippen LogP) is 2.34. The van der Waals surface area contributed by atoms with Crippen LogP contribution in [0.4, 0.5) is 5.69 Å². The van der Waals surface area contributed by atoms with E-state index in [0.717, 1.165) is 19.3 Å². The molecule has 1 aromatic rings. The van der Waals surface area contributed by atoms with Gasteiger partial charge in [0.05, 0.1) is 12.1 Å². The minimum Gasteiger partial charge on any atom is -0.391 e. The lowest BCUT2D eigenvalue weighted by Gasteiger charge is -2.29. The quantitative estimate of drug-likeness (QED) is 0.801. The van der Waals surface area contributed by atoms with Gasteiger partial charge in [-0.1, -0.05) is 12.1 Å². The minimum atomic E-state index is -0.157. The first-order valence-electron chi connectivity index (χ1n) is 5.66. The Morgan fingerprint density at radius 3 is 2.73 bits per heavy atom. The smallest absolute Gasteiger partial charge is 0.0743 e. The molecule has 2 atom stereocenters. The Labute approximate surface area is 91.5 Å². The van der Waals surface area contributed by atoms with Gasteiger partial charge in [0.1, 0.15) is 0 Å². The van der Waals surface area contributed by atoms with Crippen LogP contribution in [0, 0.1) is 6.92 Å². The lowest BCUT2D eigenvalue weighted by atomic mass is 10.1. The average Bonchev–Trinajstić information content (AvgIpc) is 2.63. The first-order valence-corrected chi connectivity index (χ1v) is 5.66. The van der Waals surface area contributed by atoms with E-state index in [2.05, 4.69) is 43.1 Å². The first kappa shape index (κ1) is 10.5. The molecule has 0 radical (unpaired) electrons. The van der Waals surface area contributed by atoms with Crippen molar-refractivity contribution >= 4 is 5.69 Å². The van der Waals surface area contributed by atoms with Crippen LogP contribution in [-0.2, 0) is 0 Å². The van der Waals surface area contributed by atoms with Crippen LogP contribution in [0.1, 0.15) is 24.8 Å². The number of hydrogen-bond acceptors (Lipinski definition) is 2. The summed E-state index contributed by atoms with van der Waals surface area (Å²) >= 11 is 0. The summed E-state index contributed by atoms with van der Waals surface area (Å²) in [5.41, 5.74) is 2.48. The Hall–Kier alpha value is -1.02. The number of rotatable bonds is 2. The lowest BCUT2D eigenvalue weighted by Crippen LogP contribution is -2.37. The van der Waals surface area contributed by atoms with Crippen LogP contribution in [0.2, 0.25) is 0 Å². The number of aliphatic hydroxyl groups is 1. The molecule has 2 rings (SSSR count). The molecule has 0 aliphatic heterocycles. The summed E-state index contributed by atoms with van der Waals surface area (Å²) in [6.07, 6.45) is 3.03. The van der Waals surface area contributed by atoms with Gasteiger partial charge in [-0.15, -0.1) is 0 Å². The Kier molecular flexibility index (Phi) is 2.96. The zero-order valence-corrected chi connectivity index (χ0v) is 9.48. The molecule has 0 heterocycles. The molecule has 0 aromatic heterocycles. The van der Waals surface area contributed by atoms with Gasteiger partial charge in [-0.05, 0) is 43.9 Å². The van der Waals surface area contributed by atoms with Crippen LogP contribution in [0.15, 0.2) is 24.3 Å². The molecule has 1 aliphatic carbocycles. The third-order valence-corrected chi connectivity index (χ3v) is 3.35. The fourth-order valence-corrected chi connectivity index (χ4v) is 2.41. The second-order valence-electron chi connectivity index (χ2n) is 4.52. The molecule has 15 heavy (non-hydrogen) atoms. The van der Waals surface area contributed by atoms with Crippen molar-refractivity contribution in [3.63, 3.8) is 0 Å². The maximum absolute atomic E-state index is 9.85. The van der Waals surface area contributed by atoms with Crippen molar-refractivity contribution in [1.29, 1.82) is 0 Å². The first-order chi connectivity index (χ1) is 7.18. The molecule has 0 spiro atoms. The normalized spacial score (nSPS) is 25.5. The van der Waals surface area contributed by atoms with Crippen molar-refractivity contribution < 1.29 is 5.11 Å². The van der Waals surface area contributed by atoms with Gasteiger partial charge in [-0.3, -0.25) is 0 Å². The standard InChI is InChI=1S/C13H19NO/c1-10-5-3-6-11(9-10)14(2)12-7-4-8-13(12)15/h3,5-6,9,12-13,15H,4,7-8H2,1-2H3/t12-,13-/m0/s1. The summed E-state index contributed by atoms with van der Waals surface area (Å²) in [5, 5.41) is 9.85. The largest absolute Gasteiger partial charge is 0.391 e. The Morgan fingerprint density at radius 1 is 1.33 bits per heavy atom. The number of aliphatic hydroxyl groups excluding tert-OH is 1.